The number of aryl methyl sites for hydroxylation is 1. The first-order valence-corrected chi connectivity index (χ1v) is 11.7. The molecule has 0 fully saturated rings. The van der Waals surface area contributed by atoms with Crippen molar-refractivity contribution in [1.82, 2.24) is 19.7 Å². The molecule has 7 heteroatoms. The number of benzene rings is 2. The second kappa shape index (κ2) is 8.68. The summed E-state index contributed by atoms with van der Waals surface area (Å²) in [6, 6.07) is 17.8. The molecule has 0 atom stereocenters. The van der Waals surface area contributed by atoms with Crippen molar-refractivity contribution in [2.75, 3.05) is 18.4 Å². The molecule has 1 aliphatic rings. The fraction of sp³-hybridized carbons (Fsp3) is 0.240. The van der Waals surface area contributed by atoms with Gasteiger partial charge < -0.3 is 0 Å². The van der Waals surface area contributed by atoms with Crippen molar-refractivity contribution in [3.8, 4) is 16.9 Å². The van der Waals surface area contributed by atoms with Crippen LogP contribution in [0.1, 0.15) is 33.4 Å². The number of hydrogen-bond donors (Lipinski definition) is 1. The maximum Gasteiger partial charge on any atom is 0.261 e. The molecule has 0 aliphatic carbocycles. The molecule has 1 aliphatic heterocycles. The van der Waals surface area contributed by atoms with E-state index in [1.807, 2.05) is 61.5 Å². The van der Waals surface area contributed by atoms with Crippen LogP contribution in [0.3, 0.4) is 0 Å². The summed E-state index contributed by atoms with van der Waals surface area (Å²) in [6.45, 7) is 7.15. The topological polar surface area (TPSA) is 63.1 Å². The molecule has 0 saturated heterocycles. The van der Waals surface area contributed by atoms with Gasteiger partial charge in [-0.15, -0.1) is 11.3 Å². The average molecular weight is 444 g/mol. The van der Waals surface area contributed by atoms with Gasteiger partial charge in [0.15, 0.2) is 5.13 Å². The van der Waals surface area contributed by atoms with E-state index >= 15 is 0 Å². The van der Waals surface area contributed by atoms with Crippen LogP contribution in [-0.4, -0.2) is 38.7 Å². The third-order valence-corrected chi connectivity index (χ3v) is 6.86. The van der Waals surface area contributed by atoms with Crippen LogP contribution in [0.5, 0.6) is 0 Å². The molecule has 162 valence electrons. The van der Waals surface area contributed by atoms with Crippen LogP contribution in [0.2, 0.25) is 0 Å². The number of nitrogens with one attached hydrogen (secondary N) is 1. The number of rotatable bonds is 5. The second-order valence-electron chi connectivity index (χ2n) is 7.95. The lowest BCUT2D eigenvalue weighted by molar-refractivity contribution is 0.102. The number of carbonyl (C=O) groups excluding carboxylic acids is 1. The fourth-order valence-electron chi connectivity index (χ4n) is 4.03. The maximum atomic E-state index is 13.4. The van der Waals surface area contributed by atoms with Crippen LogP contribution < -0.4 is 5.32 Å². The van der Waals surface area contributed by atoms with E-state index in [0.29, 0.717) is 16.4 Å². The van der Waals surface area contributed by atoms with Gasteiger partial charge in [0.25, 0.3) is 5.91 Å². The number of nitrogens with zero attached hydrogens (tertiary/aromatic N) is 4. The first kappa shape index (κ1) is 20.6. The van der Waals surface area contributed by atoms with Crippen molar-refractivity contribution in [3.63, 3.8) is 0 Å². The first-order valence-electron chi connectivity index (χ1n) is 10.9. The summed E-state index contributed by atoms with van der Waals surface area (Å²) >= 11 is 1.57. The van der Waals surface area contributed by atoms with Crippen molar-refractivity contribution in [2.45, 2.75) is 26.8 Å². The van der Waals surface area contributed by atoms with Crippen LogP contribution in [0, 0.1) is 6.92 Å². The predicted octanol–water partition coefficient (Wildman–Crippen LogP) is 4.93. The van der Waals surface area contributed by atoms with Gasteiger partial charge in [0.05, 0.1) is 16.9 Å². The van der Waals surface area contributed by atoms with Crippen molar-refractivity contribution < 1.29 is 4.79 Å². The van der Waals surface area contributed by atoms with E-state index in [9.17, 15) is 4.79 Å². The van der Waals surface area contributed by atoms with E-state index in [0.717, 1.165) is 48.6 Å². The average Bonchev–Trinajstić information content (AvgIpc) is 3.43. The molecule has 3 heterocycles. The van der Waals surface area contributed by atoms with E-state index in [4.69, 9.17) is 10.1 Å². The molecule has 2 aromatic heterocycles. The molecule has 6 nitrogen and oxygen atoms in total. The number of likely N-dealkylation sites (N-methyl/N-ethyl adjacent to an activating group) is 1. The Balaban J connectivity index is 1.50. The molecule has 1 N–H and O–H groups in total. The van der Waals surface area contributed by atoms with E-state index in [1.54, 1.807) is 22.2 Å². The van der Waals surface area contributed by atoms with Crippen LogP contribution in [0.25, 0.3) is 16.9 Å². The first-order chi connectivity index (χ1) is 15.6. The number of fused-ring (bicyclic) bond motifs is 1. The van der Waals surface area contributed by atoms with Gasteiger partial charge >= 0.3 is 0 Å². The number of amides is 1. The lowest BCUT2D eigenvalue weighted by Gasteiger charge is -2.23. The normalized spacial score (nSPS) is 13.7. The molecule has 0 spiro atoms. The van der Waals surface area contributed by atoms with Gasteiger partial charge in [-0.3, -0.25) is 15.0 Å². The third-order valence-electron chi connectivity index (χ3n) is 5.86. The van der Waals surface area contributed by atoms with E-state index in [2.05, 4.69) is 17.1 Å². The number of hydrogen-bond acceptors (Lipinski definition) is 5. The number of anilines is 1. The third kappa shape index (κ3) is 3.97. The lowest BCUT2D eigenvalue weighted by Crippen LogP contribution is -2.29. The monoisotopic (exact) mass is 443 g/mol. The molecule has 0 saturated carbocycles. The highest BCUT2D eigenvalue weighted by Crippen LogP contribution is 2.30. The highest BCUT2D eigenvalue weighted by molar-refractivity contribution is 7.15. The van der Waals surface area contributed by atoms with Crippen molar-refractivity contribution in [3.05, 3.63) is 82.5 Å². The molecular formula is C25H25N5OS. The van der Waals surface area contributed by atoms with E-state index in [1.165, 1.54) is 4.88 Å². The highest BCUT2D eigenvalue weighted by atomic mass is 32.1. The summed E-state index contributed by atoms with van der Waals surface area (Å²) in [5.41, 5.74) is 5.24. The Morgan fingerprint density at radius 2 is 1.91 bits per heavy atom. The molecule has 32 heavy (non-hydrogen) atoms. The van der Waals surface area contributed by atoms with Gasteiger partial charge in [0.1, 0.15) is 5.69 Å². The van der Waals surface area contributed by atoms with Gasteiger partial charge in [-0.25, -0.2) is 9.67 Å². The number of aromatic nitrogens is 3. The Morgan fingerprint density at radius 1 is 1.12 bits per heavy atom. The maximum absolute atomic E-state index is 13.4. The van der Waals surface area contributed by atoms with Crippen molar-refractivity contribution >= 4 is 22.4 Å². The molecular weight excluding hydrogens is 418 g/mol. The van der Waals surface area contributed by atoms with Gasteiger partial charge in [0.2, 0.25) is 0 Å². The van der Waals surface area contributed by atoms with Crippen molar-refractivity contribution in [2.24, 2.45) is 0 Å². The number of carbonyl (C=O) groups is 1. The quantitative estimate of drug-likeness (QED) is 0.475. The smallest absolute Gasteiger partial charge is 0.261 e. The summed E-state index contributed by atoms with van der Waals surface area (Å²) in [5, 5.41) is 8.49. The largest absolute Gasteiger partial charge is 0.298 e. The van der Waals surface area contributed by atoms with E-state index < -0.39 is 0 Å². The summed E-state index contributed by atoms with van der Waals surface area (Å²) in [7, 11) is 0. The lowest BCUT2D eigenvalue weighted by atomic mass is 10.0. The van der Waals surface area contributed by atoms with Gasteiger partial charge in [0, 0.05) is 36.1 Å². The second-order valence-corrected chi connectivity index (χ2v) is 9.03. The Hall–Kier alpha value is -3.29. The molecule has 2 aromatic carbocycles. The van der Waals surface area contributed by atoms with Gasteiger partial charge in [-0.1, -0.05) is 49.4 Å². The van der Waals surface area contributed by atoms with Crippen LogP contribution in [0.4, 0.5) is 5.13 Å². The molecule has 0 radical (unpaired) electrons. The van der Waals surface area contributed by atoms with Crippen LogP contribution in [-0.2, 0) is 13.0 Å². The fourth-order valence-corrected chi connectivity index (χ4v) is 5.07. The van der Waals surface area contributed by atoms with Gasteiger partial charge in [-0.05, 0) is 31.2 Å². The number of para-hydroxylation sites is 1. The Bertz CT molecular complexity index is 1260. The molecule has 4 aromatic rings. The summed E-state index contributed by atoms with van der Waals surface area (Å²) in [6.07, 6.45) is 2.73. The zero-order valence-corrected chi connectivity index (χ0v) is 19.0. The highest BCUT2D eigenvalue weighted by Gasteiger charge is 2.23. The Labute approximate surface area is 191 Å². The van der Waals surface area contributed by atoms with Crippen molar-refractivity contribution in [1.29, 1.82) is 0 Å². The summed E-state index contributed by atoms with van der Waals surface area (Å²) in [4.78, 5) is 21.7. The minimum Gasteiger partial charge on any atom is -0.298 e. The van der Waals surface area contributed by atoms with Gasteiger partial charge in [-0.2, -0.15) is 5.10 Å². The van der Waals surface area contributed by atoms with Crippen LogP contribution in [0.15, 0.2) is 60.8 Å². The number of thiazole rings is 1. The standard InChI is InChI=1S/C25H25N5OS/c1-3-29-14-13-21-22(16-29)32-25(26-21)27-24(31)20-15-30(18-10-5-4-6-11-18)28-23(20)19-12-8-7-9-17(19)2/h4-12,15H,3,13-14,16H2,1-2H3,(H,26,27,31). The zero-order chi connectivity index (χ0) is 22.1. The molecule has 5 rings (SSSR count). The van der Waals surface area contributed by atoms with Crippen LogP contribution >= 0.6 is 11.3 Å². The Morgan fingerprint density at radius 3 is 2.69 bits per heavy atom. The SMILES string of the molecule is CCN1CCc2nc(NC(=O)c3cn(-c4ccccc4)nc3-c3ccccc3C)sc2C1. The van der Waals surface area contributed by atoms with E-state index in [-0.39, 0.29) is 5.91 Å². The minimum absolute atomic E-state index is 0.191. The molecule has 0 bridgehead atoms. The summed E-state index contributed by atoms with van der Waals surface area (Å²) < 4.78 is 1.77. The minimum atomic E-state index is -0.191. The Kier molecular flexibility index (Phi) is 5.59. The zero-order valence-electron chi connectivity index (χ0n) is 18.2. The predicted molar refractivity (Wildman–Crippen MR) is 128 cm³/mol. The molecule has 0 unspecified atom stereocenters. The molecule has 1 amide bonds. The summed E-state index contributed by atoms with van der Waals surface area (Å²) in [5.74, 6) is -0.191.